The van der Waals surface area contributed by atoms with Crippen LogP contribution in [0.15, 0.2) is 36.9 Å². The smallest absolute Gasteiger partial charge is 0.192 e. The first-order chi connectivity index (χ1) is 19.6. The van der Waals surface area contributed by atoms with Gasteiger partial charge < -0.3 is 28.2 Å². The van der Waals surface area contributed by atoms with E-state index in [1.165, 1.54) is 0 Å². The fourth-order valence-corrected chi connectivity index (χ4v) is 7.17. The predicted octanol–water partition coefficient (Wildman–Crippen LogP) is 8.46. The van der Waals surface area contributed by atoms with Gasteiger partial charge in [0, 0.05) is 31.0 Å². The lowest BCUT2D eigenvalue weighted by Crippen LogP contribution is -2.48. The second kappa shape index (κ2) is 14.6. The Kier molecular flexibility index (Phi) is 13.0. The van der Waals surface area contributed by atoms with Crippen molar-refractivity contribution in [3.05, 3.63) is 42.5 Å². The summed E-state index contributed by atoms with van der Waals surface area (Å²) in [5.74, 6) is 0.768. The van der Waals surface area contributed by atoms with Crippen LogP contribution in [-0.2, 0) is 24.9 Å². The summed E-state index contributed by atoms with van der Waals surface area (Å²) in [6, 6.07) is 7.97. The van der Waals surface area contributed by atoms with Crippen molar-refractivity contribution in [1.82, 2.24) is 0 Å². The van der Waals surface area contributed by atoms with Crippen LogP contribution in [0.25, 0.3) is 0 Å². The molecule has 248 valence electrons. The lowest BCUT2D eigenvalue weighted by atomic mass is 9.75. The van der Waals surface area contributed by atoms with Gasteiger partial charge in [-0.1, -0.05) is 73.6 Å². The molecule has 1 N–H and O–H groups in total. The number of aliphatic hydroxyl groups is 1. The van der Waals surface area contributed by atoms with Gasteiger partial charge in [0.1, 0.15) is 5.75 Å². The lowest BCUT2D eigenvalue weighted by molar-refractivity contribution is -0.0162. The van der Waals surface area contributed by atoms with E-state index >= 15 is 0 Å². The monoisotopic (exact) mass is 636 g/mol. The molecule has 0 spiro atoms. The molecule has 1 aromatic rings. The Bertz CT molecular complexity index is 1010. The molecule has 0 saturated carbocycles. The van der Waals surface area contributed by atoms with Crippen LogP contribution < -0.4 is 4.74 Å². The van der Waals surface area contributed by atoms with Gasteiger partial charge in [-0.15, -0.1) is 6.58 Å². The maximum Gasteiger partial charge on any atom is 0.192 e. The Labute approximate surface area is 266 Å². The van der Waals surface area contributed by atoms with Crippen molar-refractivity contribution >= 4 is 16.6 Å². The molecule has 7 atom stereocenters. The van der Waals surface area contributed by atoms with E-state index in [4.69, 9.17) is 23.1 Å². The van der Waals surface area contributed by atoms with E-state index in [2.05, 4.69) is 95.1 Å². The van der Waals surface area contributed by atoms with Crippen molar-refractivity contribution in [2.45, 2.75) is 123 Å². The molecule has 0 bridgehead atoms. The second-order valence-electron chi connectivity index (χ2n) is 16.0. The van der Waals surface area contributed by atoms with E-state index < -0.39 is 22.7 Å². The average Bonchev–Trinajstić information content (AvgIpc) is 3.60. The molecule has 1 heterocycles. The third-order valence-electron chi connectivity index (χ3n) is 10.8. The Morgan fingerprint density at radius 1 is 0.930 bits per heavy atom. The maximum atomic E-state index is 12.0. The van der Waals surface area contributed by atoms with Crippen molar-refractivity contribution < 1.29 is 28.2 Å². The van der Waals surface area contributed by atoms with Gasteiger partial charge in [0.15, 0.2) is 16.6 Å². The Morgan fingerprint density at radius 3 is 1.91 bits per heavy atom. The highest BCUT2D eigenvalue weighted by Gasteiger charge is 2.60. The van der Waals surface area contributed by atoms with Gasteiger partial charge in [-0.3, -0.25) is 0 Å². The van der Waals surface area contributed by atoms with Gasteiger partial charge in [0.05, 0.1) is 38.1 Å². The van der Waals surface area contributed by atoms with Crippen LogP contribution in [0, 0.1) is 23.7 Å². The fraction of sp³-hybridized carbons (Fsp3) is 0.771. The van der Waals surface area contributed by atoms with Crippen molar-refractivity contribution in [2.24, 2.45) is 23.7 Å². The molecule has 43 heavy (non-hydrogen) atoms. The molecular weight excluding hydrogens is 573 g/mol. The first kappa shape index (κ1) is 38.2. The van der Waals surface area contributed by atoms with Crippen LogP contribution in [-0.4, -0.2) is 66.5 Å². The molecule has 1 aromatic carbocycles. The number of ether oxygens (including phenoxy) is 3. The zero-order valence-electron chi connectivity index (χ0n) is 29.9. The summed E-state index contributed by atoms with van der Waals surface area (Å²) in [5.41, 5.74) is 0.735. The quantitative estimate of drug-likeness (QED) is 0.105. The van der Waals surface area contributed by atoms with Gasteiger partial charge in [-0.25, -0.2) is 0 Å². The number of epoxide rings is 1. The summed E-state index contributed by atoms with van der Waals surface area (Å²) < 4.78 is 31.2. The Hall–Kier alpha value is -1.01. The van der Waals surface area contributed by atoms with Crippen molar-refractivity contribution in [1.29, 1.82) is 0 Å². The van der Waals surface area contributed by atoms with Crippen LogP contribution in [0.3, 0.4) is 0 Å². The van der Waals surface area contributed by atoms with Crippen molar-refractivity contribution in [3.8, 4) is 5.75 Å². The molecule has 1 fully saturated rings. The summed E-state index contributed by atoms with van der Waals surface area (Å²) >= 11 is 0. The van der Waals surface area contributed by atoms with Gasteiger partial charge >= 0.3 is 0 Å². The lowest BCUT2D eigenvalue weighted by Gasteiger charge is -2.41. The van der Waals surface area contributed by atoms with Crippen LogP contribution in [0.4, 0.5) is 0 Å². The Morgan fingerprint density at radius 2 is 1.44 bits per heavy atom. The van der Waals surface area contributed by atoms with Gasteiger partial charge in [-0.05, 0) is 66.8 Å². The number of benzene rings is 1. The molecule has 1 aliphatic heterocycles. The fourth-order valence-electron chi connectivity index (χ4n) is 5.09. The normalized spacial score (nSPS) is 23.3. The minimum absolute atomic E-state index is 0.0478. The first-order valence-electron chi connectivity index (χ1n) is 16.1. The summed E-state index contributed by atoms with van der Waals surface area (Å²) in [4.78, 5) is 0. The minimum Gasteiger partial charge on any atom is -0.497 e. The predicted molar refractivity (Wildman–Crippen MR) is 184 cm³/mol. The highest BCUT2D eigenvalue weighted by atomic mass is 28.4. The van der Waals surface area contributed by atoms with Crippen molar-refractivity contribution in [3.63, 3.8) is 0 Å². The van der Waals surface area contributed by atoms with E-state index in [0.29, 0.717) is 26.4 Å². The number of methoxy groups -OCH3 is 1. The molecule has 1 saturated heterocycles. The van der Waals surface area contributed by atoms with E-state index in [0.717, 1.165) is 11.3 Å². The zero-order valence-corrected chi connectivity index (χ0v) is 31.9. The highest BCUT2D eigenvalue weighted by molar-refractivity contribution is 6.74. The SMILES string of the molecule is C=C[C@@H](CO[Si](C)(C)C(C)(C)C)[C@@H](O)[C@H](CO[Si](C)(C)C(C)(C)C)[C@H](C)[C@]1(C)O[C@@H]1[C@@H](C)COCc1ccc(OC)cc1. The molecule has 0 unspecified atom stereocenters. The molecule has 1 aliphatic rings. The summed E-state index contributed by atoms with van der Waals surface area (Å²) in [5, 5.41) is 12.1. The van der Waals surface area contributed by atoms with E-state index in [9.17, 15) is 5.11 Å². The van der Waals surface area contributed by atoms with Gasteiger partial charge in [0.2, 0.25) is 0 Å². The van der Waals surface area contributed by atoms with Crippen LogP contribution in [0.2, 0.25) is 36.3 Å². The molecule has 8 heteroatoms. The standard InChI is InChI=1S/C35H64O6Si2/c1-16-28(23-39-42(12,13)33(4,5)6)31(36)30(24-40-43(14,15)34(7,8)9)26(3)35(10)32(41-35)25(2)21-38-22-27-17-19-29(37-11)20-18-27/h16-20,25-26,28,30-32,36H,1,21-24H2,2-15H3/t25-,26-,28-,30+,31+,32+,35-/m0/s1. The van der Waals surface area contributed by atoms with Crippen LogP contribution in [0.5, 0.6) is 5.75 Å². The average molecular weight is 637 g/mol. The second-order valence-corrected chi connectivity index (χ2v) is 25.7. The van der Waals surface area contributed by atoms with Crippen molar-refractivity contribution in [2.75, 3.05) is 26.9 Å². The third-order valence-corrected chi connectivity index (χ3v) is 19.8. The van der Waals surface area contributed by atoms with Gasteiger partial charge in [0.25, 0.3) is 0 Å². The van der Waals surface area contributed by atoms with E-state index in [1.54, 1.807) is 7.11 Å². The molecule has 6 nitrogen and oxygen atoms in total. The third kappa shape index (κ3) is 9.74. The molecule has 0 aromatic heterocycles. The summed E-state index contributed by atoms with van der Waals surface area (Å²) in [6.07, 6.45) is 1.25. The number of aliphatic hydroxyl groups excluding tert-OH is 1. The van der Waals surface area contributed by atoms with E-state index in [1.807, 2.05) is 30.3 Å². The molecule has 2 rings (SSSR count). The van der Waals surface area contributed by atoms with Gasteiger partial charge in [-0.2, -0.15) is 0 Å². The largest absolute Gasteiger partial charge is 0.497 e. The summed E-state index contributed by atoms with van der Waals surface area (Å²) in [6.45, 7) is 35.3. The molecule has 0 aliphatic carbocycles. The zero-order chi connectivity index (χ0) is 33.0. The van der Waals surface area contributed by atoms with Crippen LogP contribution in [0.1, 0.15) is 67.9 Å². The van der Waals surface area contributed by atoms with E-state index in [-0.39, 0.29) is 45.5 Å². The molecule has 0 radical (unpaired) electrons. The Balaban J connectivity index is 2.16. The topological polar surface area (TPSA) is 69.7 Å². The number of hydrogen-bond acceptors (Lipinski definition) is 6. The molecule has 0 amide bonds. The number of rotatable bonds is 17. The van der Waals surface area contributed by atoms with Crippen LogP contribution >= 0.6 is 0 Å². The number of hydrogen-bond donors (Lipinski definition) is 1. The summed E-state index contributed by atoms with van der Waals surface area (Å²) in [7, 11) is -2.36. The molecular formula is C35H64O6Si2. The highest BCUT2D eigenvalue weighted by Crippen LogP contribution is 2.51. The first-order valence-corrected chi connectivity index (χ1v) is 21.9. The maximum absolute atomic E-state index is 12.0. The minimum atomic E-state index is -2.04.